The van der Waals surface area contributed by atoms with E-state index in [1.54, 1.807) is 11.3 Å². The SMILES string of the molecule is Cc1ccc(C(N)C(=O)NCCc2sc(C)nc2C)cc1.Cl.Cl. The van der Waals surface area contributed by atoms with Gasteiger partial charge >= 0.3 is 0 Å². The Morgan fingerprint density at radius 1 is 1.22 bits per heavy atom. The highest BCUT2D eigenvalue weighted by Crippen LogP contribution is 2.17. The normalized spacial score (nSPS) is 11.1. The molecule has 0 spiro atoms. The molecule has 0 saturated carbocycles. The minimum atomic E-state index is -0.616. The predicted molar refractivity (Wildman–Crippen MR) is 101 cm³/mol. The Labute approximate surface area is 153 Å². The number of hydrogen-bond donors (Lipinski definition) is 2. The van der Waals surface area contributed by atoms with Crippen molar-refractivity contribution in [2.24, 2.45) is 5.73 Å². The van der Waals surface area contributed by atoms with Crippen LogP contribution in [0.1, 0.15) is 32.7 Å². The average Bonchev–Trinajstić information content (AvgIpc) is 2.77. The number of amides is 1. The molecule has 2 aromatic rings. The zero-order valence-corrected chi connectivity index (χ0v) is 15.9. The summed E-state index contributed by atoms with van der Waals surface area (Å²) in [6.45, 7) is 6.58. The second-order valence-electron chi connectivity index (χ2n) is 5.17. The minimum absolute atomic E-state index is 0. The van der Waals surface area contributed by atoms with Crippen molar-refractivity contribution in [3.05, 3.63) is 51.0 Å². The Balaban J connectivity index is 0.00000242. The van der Waals surface area contributed by atoms with Crippen LogP contribution in [0.5, 0.6) is 0 Å². The highest BCUT2D eigenvalue weighted by molar-refractivity contribution is 7.11. The lowest BCUT2D eigenvalue weighted by atomic mass is 10.1. The molecular weight excluding hydrogens is 353 g/mol. The van der Waals surface area contributed by atoms with Crippen molar-refractivity contribution >= 4 is 42.1 Å². The molecule has 1 amide bonds. The lowest BCUT2D eigenvalue weighted by Gasteiger charge is -2.12. The van der Waals surface area contributed by atoms with Crippen LogP contribution >= 0.6 is 36.2 Å². The quantitative estimate of drug-likeness (QED) is 0.842. The van der Waals surface area contributed by atoms with Gasteiger partial charge in [-0.3, -0.25) is 4.79 Å². The maximum absolute atomic E-state index is 12.1. The number of benzene rings is 1. The summed E-state index contributed by atoms with van der Waals surface area (Å²) in [5.41, 5.74) is 9.02. The second-order valence-corrected chi connectivity index (χ2v) is 6.46. The molecule has 0 saturated heterocycles. The van der Waals surface area contributed by atoms with Crippen molar-refractivity contribution in [1.29, 1.82) is 0 Å². The van der Waals surface area contributed by atoms with Crippen molar-refractivity contribution in [2.75, 3.05) is 6.54 Å². The number of rotatable bonds is 5. The molecule has 0 fully saturated rings. The molecule has 2 rings (SSSR count). The highest BCUT2D eigenvalue weighted by atomic mass is 35.5. The third-order valence-corrected chi connectivity index (χ3v) is 4.50. The van der Waals surface area contributed by atoms with Gasteiger partial charge in [0, 0.05) is 17.8 Å². The Hall–Kier alpha value is -1.14. The predicted octanol–water partition coefficient (Wildman–Crippen LogP) is 3.27. The maximum atomic E-state index is 12.1. The van der Waals surface area contributed by atoms with Crippen LogP contribution in [0, 0.1) is 20.8 Å². The number of hydrogen-bond acceptors (Lipinski definition) is 4. The third-order valence-electron chi connectivity index (χ3n) is 3.37. The zero-order chi connectivity index (χ0) is 15.4. The van der Waals surface area contributed by atoms with Crippen molar-refractivity contribution in [3.8, 4) is 0 Å². The Morgan fingerprint density at radius 3 is 2.35 bits per heavy atom. The summed E-state index contributed by atoms with van der Waals surface area (Å²) in [5.74, 6) is -0.141. The average molecular weight is 376 g/mol. The van der Waals surface area contributed by atoms with Crippen LogP contribution in [0.2, 0.25) is 0 Å². The van der Waals surface area contributed by atoms with Gasteiger partial charge in [-0.15, -0.1) is 36.2 Å². The van der Waals surface area contributed by atoms with Crippen LogP contribution < -0.4 is 11.1 Å². The first-order valence-electron chi connectivity index (χ1n) is 7.00. The smallest absolute Gasteiger partial charge is 0.241 e. The van der Waals surface area contributed by atoms with Crippen LogP contribution in [0.25, 0.3) is 0 Å². The van der Waals surface area contributed by atoms with Crippen LogP contribution in [-0.2, 0) is 11.2 Å². The fourth-order valence-corrected chi connectivity index (χ4v) is 3.08. The van der Waals surface area contributed by atoms with E-state index in [4.69, 9.17) is 5.73 Å². The molecule has 7 heteroatoms. The van der Waals surface area contributed by atoms with Gasteiger partial charge in [0.15, 0.2) is 0 Å². The molecule has 128 valence electrons. The number of nitrogens with one attached hydrogen (secondary N) is 1. The van der Waals surface area contributed by atoms with E-state index >= 15 is 0 Å². The highest BCUT2D eigenvalue weighted by Gasteiger charge is 2.15. The van der Waals surface area contributed by atoms with E-state index in [9.17, 15) is 4.79 Å². The molecule has 0 aliphatic rings. The summed E-state index contributed by atoms with van der Waals surface area (Å²) in [7, 11) is 0. The van der Waals surface area contributed by atoms with Crippen LogP contribution in [0.15, 0.2) is 24.3 Å². The van der Waals surface area contributed by atoms with E-state index in [0.717, 1.165) is 28.2 Å². The number of carbonyl (C=O) groups excluding carboxylic acids is 1. The first kappa shape index (κ1) is 21.9. The van der Waals surface area contributed by atoms with Gasteiger partial charge in [-0.1, -0.05) is 29.8 Å². The monoisotopic (exact) mass is 375 g/mol. The number of carbonyl (C=O) groups is 1. The second kappa shape index (κ2) is 9.88. The Kier molecular flexibility index (Phi) is 9.39. The van der Waals surface area contributed by atoms with Crippen LogP contribution in [0.4, 0.5) is 0 Å². The molecule has 0 aliphatic carbocycles. The van der Waals surface area contributed by atoms with Gasteiger partial charge < -0.3 is 11.1 Å². The Bertz CT molecular complexity index is 629. The third kappa shape index (κ3) is 6.11. The lowest BCUT2D eigenvalue weighted by Crippen LogP contribution is -2.35. The van der Waals surface area contributed by atoms with Crippen molar-refractivity contribution in [1.82, 2.24) is 10.3 Å². The van der Waals surface area contributed by atoms with Gasteiger partial charge in [0.1, 0.15) is 6.04 Å². The van der Waals surface area contributed by atoms with Crippen molar-refractivity contribution < 1.29 is 4.79 Å². The number of aryl methyl sites for hydroxylation is 3. The van der Waals surface area contributed by atoms with E-state index < -0.39 is 6.04 Å². The van der Waals surface area contributed by atoms with Gasteiger partial charge in [0.25, 0.3) is 0 Å². The summed E-state index contributed by atoms with van der Waals surface area (Å²) in [4.78, 5) is 17.7. The molecule has 1 unspecified atom stereocenters. The van der Waals surface area contributed by atoms with Gasteiger partial charge in [-0.25, -0.2) is 4.98 Å². The first-order valence-corrected chi connectivity index (χ1v) is 7.82. The largest absolute Gasteiger partial charge is 0.354 e. The minimum Gasteiger partial charge on any atom is -0.354 e. The summed E-state index contributed by atoms with van der Waals surface area (Å²) < 4.78 is 0. The lowest BCUT2D eigenvalue weighted by molar-refractivity contribution is -0.122. The first-order chi connectivity index (χ1) is 9.97. The van der Waals surface area contributed by atoms with Gasteiger partial charge in [0.05, 0.1) is 10.7 Å². The summed E-state index contributed by atoms with van der Waals surface area (Å²) in [6.07, 6.45) is 0.795. The summed E-state index contributed by atoms with van der Waals surface area (Å²) in [5, 5.41) is 3.96. The number of nitrogens with zero attached hydrogens (tertiary/aromatic N) is 1. The van der Waals surface area contributed by atoms with E-state index in [-0.39, 0.29) is 30.7 Å². The van der Waals surface area contributed by atoms with Gasteiger partial charge in [-0.2, -0.15) is 0 Å². The summed E-state index contributed by atoms with van der Waals surface area (Å²) in [6, 6.07) is 7.11. The topological polar surface area (TPSA) is 68.0 Å². The van der Waals surface area contributed by atoms with E-state index in [1.165, 1.54) is 4.88 Å². The molecule has 0 bridgehead atoms. The molecule has 1 aromatic heterocycles. The molecule has 4 nitrogen and oxygen atoms in total. The molecule has 0 aliphatic heterocycles. The van der Waals surface area contributed by atoms with E-state index in [1.807, 2.05) is 45.0 Å². The number of nitrogens with two attached hydrogens (primary N) is 1. The molecule has 1 heterocycles. The number of aromatic nitrogens is 1. The van der Waals surface area contributed by atoms with E-state index in [0.29, 0.717) is 6.54 Å². The maximum Gasteiger partial charge on any atom is 0.241 e. The molecule has 1 atom stereocenters. The zero-order valence-electron chi connectivity index (χ0n) is 13.5. The molecule has 23 heavy (non-hydrogen) atoms. The fourth-order valence-electron chi connectivity index (χ4n) is 2.14. The van der Waals surface area contributed by atoms with Crippen LogP contribution in [-0.4, -0.2) is 17.4 Å². The standard InChI is InChI=1S/C16H21N3OS.2ClH/c1-10-4-6-13(7-5-10)15(17)16(20)18-9-8-14-11(2)19-12(3)21-14;;/h4-7,15H,8-9,17H2,1-3H3,(H,18,20);2*1H. The molecule has 3 N–H and O–H groups in total. The van der Waals surface area contributed by atoms with Gasteiger partial charge in [-0.05, 0) is 26.3 Å². The number of halogens is 2. The summed E-state index contributed by atoms with van der Waals surface area (Å²) >= 11 is 1.68. The Morgan fingerprint density at radius 2 is 1.83 bits per heavy atom. The molecule has 1 aromatic carbocycles. The van der Waals surface area contributed by atoms with Crippen molar-refractivity contribution in [3.63, 3.8) is 0 Å². The van der Waals surface area contributed by atoms with Crippen molar-refractivity contribution in [2.45, 2.75) is 33.2 Å². The van der Waals surface area contributed by atoms with Crippen LogP contribution in [0.3, 0.4) is 0 Å². The molecule has 0 radical (unpaired) electrons. The van der Waals surface area contributed by atoms with Gasteiger partial charge in [0.2, 0.25) is 5.91 Å². The number of thiazole rings is 1. The fraction of sp³-hybridized carbons (Fsp3) is 0.375. The van der Waals surface area contributed by atoms with E-state index in [2.05, 4.69) is 10.3 Å². The molecular formula is C16H23Cl2N3OS.